The van der Waals surface area contributed by atoms with Crippen LogP contribution in [0, 0.1) is 5.41 Å². The van der Waals surface area contributed by atoms with E-state index in [0.717, 1.165) is 24.8 Å². The maximum atomic E-state index is 11.9. The summed E-state index contributed by atoms with van der Waals surface area (Å²) in [6.45, 7) is 5.97. The first-order chi connectivity index (χ1) is 10.7. The number of carbonyl (C=O) groups excluding carboxylic acids is 1. The molecule has 1 saturated carbocycles. The van der Waals surface area contributed by atoms with Gasteiger partial charge in [-0.25, -0.2) is 4.79 Å². The van der Waals surface area contributed by atoms with Crippen molar-refractivity contribution in [3.8, 4) is 11.5 Å². The molecule has 2 rings (SSSR count). The number of rotatable bonds is 5. The number of benzene rings is 1. The summed E-state index contributed by atoms with van der Waals surface area (Å²) in [4.78, 5) is 11.9. The van der Waals surface area contributed by atoms with Gasteiger partial charge in [-0.1, -0.05) is 0 Å². The number of methoxy groups -OCH3 is 1. The number of phenolic OH excluding ortho intramolecular Hbond substituents is 1. The standard InChI is InChI=1S/C17H26N2O4/c1-16(2,3)23-15(21)19-12-7-11(8-13(22-4)14(12)20)9-17(10-18)5-6-17/h7-8,20H,5-6,9-10,18H2,1-4H3,(H,19,21). The van der Waals surface area contributed by atoms with Crippen molar-refractivity contribution in [1.29, 1.82) is 0 Å². The van der Waals surface area contributed by atoms with Gasteiger partial charge in [0.15, 0.2) is 11.5 Å². The fraction of sp³-hybridized carbons (Fsp3) is 0.588. The molecule has 6 nitrogen and oxygen atoms in total. The number of amides is 1. The largest absolute Gasteiger partial charge is 0.503 e. The number of phenols is 1. The van der Waals surface area contributed by atoms with E-state index in [1.54, 1.807) is 32.9 Å². The van der Waals surface area contributed by atoms with Gasteiger partial charge in [0.1, 0.15) is 5.60 Å². The van der Waals surface area contributed by atoms with Crippen LogP contribution in [0.2, 0.25) is 0 Å². The van der Waals surface area contributed by atoms with Crippen LogP contribution >= 0.6 is 0 Å². The minimum Gasteiger partial charge on any atom is -0.503 e. The number of carbonyl (C=O) groups is 1. The molecule has 1 amide bonds. The SMILES string of the molecule is COc1cc(CC2(CN)CC2)cc(NC(=O)OC(C)(C)C)c1O. The van der Waals surface area contributed by atoms with E-state index in [2.05, 4.69) is 5.32 Å². The Morgan fingerprint density at radius 3 is 2.52 bits per heavy atom. The molecular weight excluding hydrogens is 296 g/mol. The van der Waals surface area contributed by atoms with Crippen LogP contribution in [-0.2, 0) is 11.2 Å². The Bertz CT molecular complexity index is 589. The van der Waals surface area contributed by atoms with Crippen molar-refractivity contribution in [3.63, 3.8) is 0 Å². The third-order valence-electron chi connectivity index (χ3n) is 3.96. The van der Waals surface area contributed by atoms with E-state index in [0.29, 0.717) is 12.3 Å². The van der Waals surface area contributed by atoms with Crippen LogP contribution < -0.4 is 15.8 Å². The Labute approximate surface area is 137 Å². The maximum absolute atomic E-state index is 11.9. The number of hydrogen-bond donors (Lipinski definition) is 3. The Morgan fingerprint density at radius 1 is 1.39 bits per heavy atom. The zero-order valence-electron chi connectivity index (χ0n) is 14.2. The maximum Gasteiger partial charge on any atom is 0.412 e. The van der Waals surface area contributed by atoms with Crippen LogP contribution in [0.3, 0.4) is 0 Å². The van der Waals surface area contributed by atoms with Gasteiger partial charge in [0.2, 0.25) is 0 Å². The first-order valence-electron chi connectivity index (χ1n) is 7.78. The lowest BCUT2D eigenvalue weighted by Gasteiger charge is -2.21. The molecule has 128 valence electrons. The first-order valence-corrected chi connectivity index (χ1v) is 7.78. The molecule has 0 spiro atoms. The monoisotopic (exact) mass is 322 g/mol. The van der Waals surface area contributed by atoms with Gasteiger partial charge in [-0.3, -0.25) is 5.32 Å². The lowest BCUT2D eigenvalue weighted by atomic mass is 9.96. The van der Waals surface area contributed by atoms with E-state index < -0.39 is 11.7 Å². The summed E-state index contributed by atoms with van der Waals surface area (Å²) in [5.74, 6) is 0.209. The molecule has 0 heterocycles. The molecule has 0 saturated heterocycles. The summed E-state index contributed by atoms with van der Waals surface area (Å²) in [6, 6.07) is 3.53. The fourth-order valence-corrected chi connectivity index (χ4v) is 2.49. The lowest BCUT2D eigenvalue weighted by Crippen LogP contribution is -2.27. The molecule has 1 aliphatic rings. The van der Waals surface area contributed by atoms with Crippen molar-refractivity contribution in [1.82, 2.24) is 0 Å². The van der Waals surface area contributed by atoms with Gasteiger partial charge < -0.3 is 20.3 Å². The molecule has 1 aromatic carbocycles. The zero-order valence-corrected chi connectivity index (χ0v) is 14.2. The van der Waals surface area contributed by atoms with E-state index in [4.69, 9.17) is 15.2 Å². The summed E-state index contributed by atoms with van der Waals surface area (Å²) in [7, 11) is 1.48. The van der Waals surface area contributed by atoms with Gasteiger partial charge in [0.05, 0.1) is 12.8 Å². The summed E-state index contributed by atoms with van der Waals surface area (Å²) in [5.41, 5.74) is 6.61. The summed E-state index contributed by atoms with van der Waals surface area (Å²) in [6.07, 6.45) is 2.37. The highest BCUT2D eigenvalue weighted by atomic mass is 16.6. The van der Waals surface area contributed by atoms with Crippen LogP contribution in [0.15, 0.2) is 12.1 Å². The molecule has 0 aromatic heterocycles. The van der Waals surface area contributed by atoms with Crippen LogP contribution in [0.5, 0.6) is 11.5 Å². The lowest BCUT2D eigenvalue weighted by molar-refractivity contribution is 0.0635. The number of anilines is 1. The minimum absolute atomic E-state index is 0.111. The average Bonchev–Trinajstić information content (AvgIpc) is 3.20. The van der Waals surface area contributed by atoms with E-state index in [-0.39, 0.29) is 16.9 Å². The second-order valence-electron chi connectivity index (χ2n) is 7.20. The normalized spacial score (nSPS) is 15.9. The molecule has 23 heavy (non-hydrogen) atoms. The van der Waals surface area contributed by atoms with Gasteiger partial charge in [-0.15, -0.1) is 0 Å². The number of aromatic hydroxyl groups is 1. The summed E-state index contributed by atoms with van der Waals surface area (Å²) in [5, 5.41) is 12.8. The number of hydrogen-bond acceptors (Lipinski definition) is 5. The molecule has 1 aromatic rings. The Balaban J connectivity index is 2.22. The van der Waals surface area contributed by atoms with Crippen LogP contribution in [-0.4, -0.2) is 30.5 Å². The molecule has 0 radical (unpaired) electrons. The molecule has 4 N–H and O–H groups in total. The second kappa shape index (κ2) is 6.28. The topological polar surface area (TPSA) is 93.8 Å². The van der Waals surface area contributed by atoms with Gasteiger partial charge in [-0.05, 0) is 69.7 Å². The minimum atomic E-state index is -0.619. The van der Waals surface area contributed by atoms with Crippen molar-refractivity contribution in [2.75, 3.05) is 19.0 Å². The van der Waals surface area contributed by atoms with Crippen molar-refractivity contribution in [2.45, 2.75) is 45.6 Å². The highest BCUT2D eigenvalue weighted by molar-refractivity contribution is 5.88. The predicted molar refractivity (Wildman–Crippen MR) is 88.9 cm³/mol. The van der Waals surface area contributed by atoms with E-state index in [1.807, 2.05) is 0 Å². The molecule has 1 fully saturated rings. The molecule has 0 aliphatic heterocycles. The third-order valence-corrected chi connectivity index (χ3v) is 3.96. The quantitative estimate of drug-likeness (QED) is 0.724. The van der Waals surface area contributed by atoms with Crippen LogP contribution in [0.4, 0.5) is 10.5 Å². The fourth-order valence-electron chi connectivity index (χ4n) is 2.49. The molecule has 0 bridgehead atoms. The summed E-state index contributed by atoms with van der Waals surface area (Å²) >= 11 is 0. The smallest absolute Gasteiger partial charge is 0.412 e. The van der Waals surface area contributed by atoms with Crippen molar-refractivity contribution >= 4 is 11.8 Å². The van der Waals surface area contributed by atoms with Crippen LogP contribution in [0.25, 0.3) is 0 Å². The number of ether oxygens (including phenoxy) is 2. The number of nitrogens with one attached hydrogen (secondary N) is 1. The Morgan fingerprint density at radius 2 is 2.04 bits per heavy atom. The van der Waals surface area contributed by atoms with Crippen molar-refractivity contribution in [3.05, 3.63) is 17.7 Å². The second-order valence-corrected chi connectivity index (χ2v) is 7.20. The van der Waals surface area contributed by atoms with Gasteiger partial charge in [0.25, 0.3) is 0 Å². The Hall–Kier alpha value is -1.95. The van der Waals surface area contributed by atoms with Gasteiger partial charge in [-0.2, -0.15) is 0 Å². The molecule has 1 aliphatic carbocycles. The highest BCUT2D eigenvalue weighted by Crippen LogP contribution is 2.48. The molecule has 6 heteroatoms. The van der Waals surface area contributed by atoms with Crippen molar-refractivity contribution < 1.29 is 19.4 Å². The van der Waals surface area contributed by atoms with E-state index in [9.17, 15) is 9.90 Å². The van der Waals surface area contributed by atoms with Crippen LogP contribution in [0.1, 0.15) is 39.2 Å². The van der Waals surface area contributed by atoms with E-state index >= 15 is 0 Å². The Kier molecular flexibility index (Phi) is 4.75. The molecular formula is C17H26N2O4. The zero-order chi connectivity index (χ0) is 17.3. The third kappa shape index (κ3) is 4.51. The number of nitrogens with two attached hydrogens (primary N) is 1. The average molecular weight is 322 g/mol. The highest BCUT2D eigenvalue weighted by Gasteiger charge is 2.41. The summed E-state index contributed by atoms with van der Waals surface area (Å²) < 4.78 is 10.4. The van der Waals surface area contributed by atoms with Crippen molar-refractivity contribution in [2.24, 2.45) is 11.1 Å². The predicted octanol–water partition coefficient (Wildman–Crippen LogP) is 3.03. The van der Waals surface area contributed by atoms with E-state index in [1.165, 1.54) is 7.11 Å². The first kappa shape index (κ1) is 17.4. The molecule has 0 unspecified atom stereocenters. The molecule has 0 atom stereocenters. The van der Waals surface area contributed by atoms with Gasteiger partial charge >= 0.3 is 6.09 Å². The van der Waals surface area contributed by atoms with Gasteiger partial charge in [0, 0.05) is 0 Å².